The quantitative estimate of drug-likeness (QED) is 0.492. The largest absolute Gasteiger partial charge is 0.455 e. The molecule has 0 saturated carbocycles. The van der Waals surface area contributed by atoms with Gasteiger partial charge in [0.2, 0.25) is 0 Å². The Kier molecular flexibility index (Phi) is 4.07. The molecule has 1 aliphatic rings. The van der Waals surface area contributed by atoms with Crippen molar-refractivity contribution in [2.24, 2.45) is 0 Å². The zero-order valence-corrected chi connectivity index (χ0v) is 14.6. The molecule has 1 aromatic heterocycles. The molecular formula is C18H13N5O5. The highest BCUT2D eigenvalue weighted by Gasteiger charge is 2.42. The lowest BCUT2D eigenvalue weighted by atomic mass is 10.1. The predicted octanol–water partition coefficient (Wildman–Crippen LogP) is 1.08. The van der Waals surface area contributed by atoms with E-state index in [1.165, 1.54) is 19.1 Å². The van der Waals surface area contributed by atoms with Gasteiger partial charge in [0, 0.05) is 0 Å². The Morgan fingerprint density at radius 2 is 1.61 bits per heavy atom. The number of carbonyl (C=O) groups is 4. The van der Waals surface area contributed by atoms with Gasteiger partial charge in [-0.05, 0) is 36.4 Å². The molecule has 0 N–H and O–H groups in total. The van der Waals surface area contributed by atoms with Gasteiger partial charge in [-0.2, -0.15) is 10.0 Å². The Morgan fingerprint density at radius 1 is 1.00 bits per heavy atom. The van der Waals surface area contributed by atoms with E-state index in [0.717, 1.165) is 4.85 Å². The number of aromatic nitrogens is 3. The van der Waals surface area contributed by atoms with Gasteiger partial charge in [-0.15, -0.1) is 5.10 Å². The molecule has 0 spiro atoms. The number of fused-ring (bicyclic) bond motifs is 2. The lowest BCUT2D eigenvalue weighted by Gasteiger charge is -2.27. The summed E-state index contributed by atoms with van der Waals surface area (Å²) in [6.07, 6.45) is -1.12. The van der Waals surface area contributed by atoms with E-state index in [2.05, 4.69) is 10.3 Å². The van der Waals surface area contributed by atoms with Crippen LogP contribution < -0.4 is 4.84 Å². The van der Waals surface area contributed by atoms with Crippen LogP contribution >= 0.6 is 0 Å². The standard InChI is InChI=1S/C18H13N5O5/c1-11(24)10-21(22-16(25)12-6-2-3-7-13(12)17(22)26)18(27)28-23-15-9-5-4-8-14(15)19-20-23/h2-9H,10H2,1H3. The number of Topliss-reactive ketones (excluding diaryl/α,β-unsaturated/α-hetero) is 1. The molecule has 0 aliphatic carbocycles. The highest BCUT2D eigenvalue weighted by molar-refractivity contribution is 6.21. The summed E-state index contributed by atoms with van der Waals surface area (Å²) in [6, 6.07) is 12.9. The van der Waals surface area contributed by atoms with Crippen LogP contribution in [-0.4, -0.2) is 55.4 Å². The number of hydrogen-bond donors (Lipinski definition) is 0. The number of imide groups is 1. The van der Waals surface area contributed by atoms with Crippen LogP contribution in [0.15, 0.2) is 48.5 Å². The van der Waals surface area contributed by atoms with Crippen molar-refractivity contribution in [2.75, 3.05) is 6.54 Å². The van der Waals surface area contributed by atoms with Crippen LogP contribution in [0.2, 0.25) is 0 Å². The zero-order valence-electron chi connectivity index (χ0n) is 14.6. The third kappa shape index (κ3) is 2.76. The maximum absolute atomic E-state index is 12.7. The lowest BCUT2D eigenvalue weighted by Crippen LogP contribution is -2.53. The summed E-state index contributed by atoms with van der Waals surface area (Å²) in [4.78, 5) is 55.8. The van der Waals surface area contributed by atoms with Gasteiger partial charge >= 0.3 is 6.09 Å². The molecule has 1 aliphatic heterocycles. The van der Waals surface area contributed by atoms with Gasteiger partial charge in [0.15, 0.2) is 5.78 Å². The first kappa shape index (κ1) is 17.3. The van der Waals surface area contributed by atoms with E-state index in [4.69, 9.17) is 4.84 Å². The van der Waals surface area contributed by atoms with Gasteiger partial charge in [0.1, 0.15) is 17.6 Å². The van der Waals surface area contributed by atoms with Crippen molar-refractivity contribution in [3.8, 4) is 0 Å². The molecule has 2 aromatic carbocycles. The lowest BCUT2D eigenvalue weighted by molar-refractivity contribution is -0.120. The van der Waals surface area contributed by atoms with E-state index in [0.29, 0.717) is 21.1 Å². The number of nitrogens with zero attached hydrogens (tertiary/aromatic N) is 5. The van der Waals surface area contributed by atoms with Crippen LogP contribution in [0.3, 0.4) is 0 Å². The molecule has 140 valence electrons. The minimum Gasteiger partial charge on any atom is -0.298 e. The topological polar surface area (TPSA) is 115 Å². The second-order valence-electron chi connectivity index (χ2n) is 6.04. The van der Waals surface area contributed by atoms with Crippen molar-refractivity contribution in [1.82, 2.24) is 25.2 Å². The van der Waals surface area contributed by atoms with Crippen molar-refractivity contribution in [1.29, 1.82) is 0 Å². The number of ketones is 1. The molecule has 0 bridgehead atoms. The van der Waals surface area contributed by atoms with Crippen LogP contribution in [0.1, 0.15) is 27.6 Å². The Bertz CT molecular complexity index is 1100. The Labute approximate surface area is 157 Å². The molecule has 2 heterocycles. The van der Waals surface area contributed by atoms with Gasteiger partial charge in [0.25, 0.3) is 11.8 Å². The van der Waals surface area contributed by atoms with E-state index in [1.807, 2.05) is 0 Å². The Hall–Kier alpha value is -4.08. The number of benzene rings is 2. The molecule has 4 rings (SSSR count). The summed E-state index contributed by atoms with van der Waals surface area (Å²) in [6.45, 7) is 0.695. The third-order valence-electron chi connectivity index (χ3n) is 4.08. The first-order valence-electron chi connectivity index (χ1n) is 8.25. The molecule has 0 radical (unpaired) electrons. The molecule has 28 heavy (non-hydrogen) atoms. The average Bonchev–Trinajstić information content (AvgIpc) is 3.20. The zero-order chi connectivity index (χ0) is 19.8. The average molecular weight is 379 g/mol. The van der Waals surface area contributed by atoms with Crippen LogP contribution in [0.25, 0.3) is 11.0 Å². The SMILES string of the molecule is CC(=O)CN(C(=O)On1nnc2ccccc21)N1C(=O)c2ccccc2C1=O. The van der Waals surface area contributed by atoms with Crippen molar-refractivity contribution in [3.05, 3.63) is 59.7 Å². The molecule has 0 saturated heterocycles. The van der Waals surface area contributed by atoms with Crippen LogP contribution in [-0.2, 0) is 4.79 Å². The molecular weight excluding hydrogens is 366 g/mol. The summed E-state index contributed by atoms with van der Waals surface area (Å²) in [5.74, 6) is -1.89. The summed E-state index contributed by atoms with van der Waals surface area (Å²) in [5, 5.41) is 8.84. The number of carbonyl (C=O) groups excluding carboxylic acids is 4. The second kappa shape index (κ2) is 6.58. The molecule has 10 nitrogen and oxygen atoms in total. The van der Waals surface area contributed by atoms with Crippen LogP contribution in [0.4, 0.5) is 4.79 Å². The smallest absolute Gasteiger partial charge is 0.298 e. The Balaban J connectivity index is 1.67. The molecule has 0 fully saturated rings. The van der Waals surface area contributed by atoms with Gasteiger partial charge in [-0.25, -0.2) is 4.79 Å². The van der Waals surface area contributed by atoms with Crippen LogP contribution in [0, 0.1) is 0 Å². The van der Waals surface area contributed by atoms with Gasteiger partial charge < -0.3 is 0 Å². The number of para-hydroxylation sites is 1. The minimum absolute atomic E-state index is 0.139. The number of hydrazine groups is 1. The van der Waals surface area contributed by atoms with E-state index >= 15 is 0 Å². The fourth-order valence-electron chi connectivity index (χ4n) is 2.86. The van der Waals surface area contributed by atoms with Gasteiger partial charge in [-0.1, -0.05) is 29.1 Å². The second-order valence-corrected chi connectivity index (χ2v) is 6.04. The highest BCUT2D eigenvalue weighted by atomic mass is 16.7. The predicted molar refractivity (Wildman–Crippen MR) is 93.8 cm³/mol. The number of amides is 3. The van der Waals surface area contributed by atoms with Gasteiger partial charge in [0.05, 0.1) is 11.1 Å². The maximum atomic E-state index is 12.7. The number of hydrogen-bond acceptors (Lipinski definition) is 7. The number of rotatable bonds is 4. The van der Waals surface area contributed by atoms with Crippen molar-refractivity contribution >= 4 is 34.7 Å². The molecule has 10 heteroatoms. The van der Waals surface area contributed by atoms with E-state index in [1.54, 1.807) is 36.4 Å². The summed E-state index contributed by atoms with van der Waals surface area (Å²) < 4.78 is 0. The van der Waals surface area contributed by atoms with Gasteiger partial charge in [-0.3, -0.25) is 19.2 Å². The molecule has 3 aromatic rings. The highest BCUT2D eigenvalue weighted by Crippen LogP contribution is 2.24. The minimum atomic E-state index is -1.12. The van der Waals surface area contributed by atoms with E-state index in [9.17, 15) is 19.2 Å². The summed E-state index contributed by atoms with van der Waals surface area (Å²) in [7, 11) is 0. The molecule has 3 amide bonds. The normalized spacial score (nSPS) is 13.0. The maximum Gasteiger partial charge on any atom is 0.455 e. The molecule has 0 atom stereocenters. The Morgan fingerprint density at radius 3 is 2.25 bits per heavy atom. The van der Waals surface area contributed by atoms with Crippen molar-refractivity contribution < 1.29 is 24.0 Å². The monoisotopic (exact) mass is 379 g/mol. The molecule has 0 unspecified atom stereocenters. The summed E-state index contributed by atoms with van der Waals surface area (Å²) >= 11 is 0. The van der Waals surface area contributed by atoms with Crippen molar-refractivity contribution in [2.45, 2.75) is 6.92 Å². The fraction of sp³-hybridized carbons (Fsp3) is 0.111. The first-order chi connectivity index (χ1) is 13.5. The first-order valence-corrected chi connectivity index (χ1v) is 8.25. The van der Waals surface area contributed by atoms with E-state index < -0.39 is 30.2 Å². The van der Waals surface area contributed by atoms with Crippen molar-refractivity contribution in [3.63, 3.8) is 0 Å². The van der Waals surface area contributed by atoms with Crippen LogP contribution in [0.5, 0.6) is 0 Å². The third-order valence-corrected chi connectivity index (χ3v) is 4.08. The summed E-state index contributed by atoms with van der Waals surface area (Å²) in [5.41, 5.74) is 1.16. The fourth-order valence-corrected chi connectivity index (χ4v) is 2.86. The van der Waals surface area contributed by atoms with E-state index in [-0.39, 0.29) is 11.1 Å².